The third-order valence-electron chi connectivity index (χ3n) is 4.44. The maximum absolute atomic E-state index is 13.0. The molecule has 2 aromatic carbocycles. The van der Waals surface area contributed by atoms with Gasteiger partial charge >= 0.3 is 0 Å². The summed E-state index contributed by atoms with van der Waals surface area (Å²) in [6.45, 7) is 0.781. The van der Waals surface area contributed by atoms with Gasteiger partial charge in [0, 0.05) is 17.4 Å². The molecule has 2 aromatic heterocycles. The number of amides is 1. The SMILES string of the molecule is O=C(NCc1ccc(F)cc1)c1cc2c(=O)n(Cc3ccccc3)ccc2s1. The van der Waals surface area contributed by atoms with E-state index >= 15 is 0 Å². The molecule has 4 aromatic rings. The Kier molecular flexibility index (Phi) is 5.04. The van der Waals surface area contributed by atoms with E-state index in [2.05, 4.69) is 5.32 Å². The van der Waals surface area contributed by atoms with Gasteiger partial charge < -0.3 is 9.88 Å². The van der Waals surface area contributed by atoms with Gasteiger partial charge in [0.2, 0.25) is 0 Å². The molecule has 0 saturated heterocycles. The summed E-state index contributed by atoms with van der Waals surface area (Å²) in [5, 5.41) is 3.35. The number of carbonyl (C=O) groups is 1. The number of aromatic nitrogens is 1. The van der Waals surface area contributed by atoms with Crippen LogP contribution in [0.15, 0.2) is 77.7 Å². The van der Waals surface area contributed by atoms with Crippen LogP contribution in [0.4, 0.5) is 4.39 Å². The number of halogens is 1. The van der Waals surface area contributed by atoms with Gasteiger partial charge in [-0.25, -0.2) is 4.39 Å². The first-order chi connectivity index (χ1) is 13.6. The van der Waals surface area contributed by atoms with Crippen molar-refractivity contribution >= 4 is 27.3 Å². The molecule has 0 aliphatic rings. The van der Waals surface area contributed by atoms with Crippen LogP contribution in [0.25, 0.3) is 10.1 Å². The Labute approximate surface area is 164 Å². The first-order valence-electron chi connectivity index (χ1n) is 8.80. The lowest BCUT2D eigenvalue weighted by Gasteiger charge is -2.05. The predicted octanol–water partition coefficient (Wildman–Crippen LogP) is 4.18. The minimum absolute atomic E-state index is 0.116. The van der Waals surface area contributed by atoms with Crippen LogP contribution in [0, 0.1) is 5.82 Å². The summed E-state index contributed by atoms with van der Waals surface area (Å²) in [6.07, 6.45) is 1.76. The van der Waals surface area contributed by atoms with E-state index in [4.69, 9.17) is 0 Å². The number of pyridine rings is 1. The van der Waals surface area contributed by atoms with Gasteiger partial charge in [-0.05, 0) is 35.4 Å². The molecule has 0 aliphatic carbocycles. The van der Waals surface area contributed by atoms with Gasteiger partial charge in [0.25, 0.3) is 11.5 Å². The molecule has 0 atom stereocenters. The molecule has 0 fully saturated rings. The maximum Gasteiger partial charge on any atom is 0.261 e. The molecule has 0 radical (unpaired) electrons. The van der Waals surface area contributed by atoms with Crippen LogP contribution < -0.4 is 10.9 Å². The first kappa shape index (κ1) is 18.1. The van der Waals surface area contributed by atoms with E-state index in [9.17, 15) is 14.0 Å². The van der Waals surface area contributed by atoms with Crippen molar-refractivity contribution in [3.8, 4) is 0 Å². The Bertz CT molecular complexity index is 1180. The monoisotopic (exact) mass is 392 g/mol. The van der Waals surface area contributed by atoms with E-state index in [0.717, 1.165) is 15.8 Å². The fourth-order valence-corrected chi connectivity index (χ4v) is 3.93. The van der Waals surface area contributed by atoms with Crippen LogP contribution in [0.3, 0.4) is 0 Å². The second-order valence-corrected chi connectivity index (χ2v) is 7.52. The van der Waals surface area contributed by atoms with E-state index in [1.54, 1.807) is 29.0 Å². The zero-order chi connectivity index (χ0) is 19.5. The van der Waals surface area contributed by atoms with Crippen molar-refractivity contribution in [3.05, 3.63) is 105 Å². The van der Waals surface area contributed by atoms with Gasteiger partial charge in [0.15, 0.2) is 0 Å². The van der Waals surface area contributed by atoms with Crippen LogP contribution >= 0.6 is 11.3 Å². The Morgan fingerprint density at radius 3 is 2.50 bits per heavy atom. The van der Waals surface area contributed by atoms with Gasteiger partial charge in [-0.3, -0.25) is 9.59 Å². The Balaban J connectivity index is 1.53. The molecule has 140 valence electrons. The molecular weight excluding hydrogens is 375 g/mol. The molecule has 0 saturated carbocycles. The smallest absolute Gasteiger partial charge is 0.261 e. The second kappa shape index (κ2) is 7.78. The van der Waals surface area contributed by atoms with E-state index < -0.39 is 0 Å². The molecular formula is C22H17FN2O2S. The summed E-state index contributed by atoms with van der Waals surface area (Å²) in [7, 11) is 0. The summed E-state index contributed by atoms with van der Waals surface area (Å²) in [6, 6.07) is 19.2. The van der Waals surface area contributed by atoms with Crippen molar-refractivity contribution in [3.63, 3.8) is 0 Å². The number of nitrogens with one attached hydrogen (secondary N) is 1. The van der Waals surface area contributed by atoms with Crippen LogP contribution in [-0.2, 0) is 13.1 Å². The fourth-order valence-electron chi connectivity index (χ4n) is 2.96. The summed E-state index contributed by atoms with van der Waals surface area (Å²) in [5.74, 6) is -0.564. The summed E-state index contributed by atoms with van der Waals surface area (Å²) >= 11 is 1.29. The van der Waals surface area contributed by atoms with Crippen molar-refractivity contribution in [2.75, 3.05) is 0 Å². The molecule has 4 rings (SSSR count). The number of nitrogens with zero attached hydrogens (tertiary/aromatic N) is 1. The number of carbonyl (C=O) groups excluding carboxylic acids is 1. The minimum atomic E-state index is -0.314. The number of thiophene rings is 1. The minimum Gasteiger partial charge on any atom is -0.347 e. The molecule has 1 N–H and O–H groups in total. The van der Waals surface area contributed by atoms with Crippen molar-refractivity contribution in [1.82, 2.24) is 9.88 Å². The molecule has 28 heavy (non-hydrogen) atoms. The number of benzene rings is 2. The topological polar surface area (TPSA) is 51.1 Å². The predicted molar refractivity (Wildman–Crippen MR) is 109 cm³/mol. The number of hydrogen-bond acceptors (Lipinski definition) is 3. The molecule has 2 heterocycles. The molecule has 6 heteroatoms. The zero-order valence-corrected chi connectivity index (χ0v) is 15.7. The van der Waals surface area contributed by atoms with Gasteiger partial charge in [-0.1, -0.05) is 42.5 Å². The Morgan fingerprint density at radius 1 is 1.00 bits per heavy atom. The molecule has 0 bridgehead atoms. The normalized spacial score (nSPS) is 10.9. The standard InChI is InChI=1S/C22H17FN2O2S/c23-17-8-6-15(7-9-17)13-24-21(26)20-12-18-19(28-20)10-11-25(22(18)27)14-16-4-2-1-3-5-16/h1-12H,13-14H2,(H,24,26). The number of rotatable bonds is 5. The van der Waals surface area contributed by atoms with Crippen LogP contribution in [0.5, 0.6) is 0 Å². The Hall–Kier alpha value is -3.25. The third kappa shape index (κ3) is 3.87. The van der Waals surface area contributed by atoms with Crippen molar-refractivity contribution < 1.29 is 9.18 Å². The van der Waals surface area contributed by atoms with Gasteiger partial charge in [-0.15, -0.1) is 11.3 Å². The lowest BCUT2D eigenvalue weighted by molar-refractivity contribution is 0.0955. The average Bonchev–Trinajstić information content (AvgIpc) is 3.16. The second-order valence-electron chi connectivity index (χ2n) is 6.43. The van der Waals surface area contributed by atoms with E-state index in [-0.39, 0.29) is 17.3 Å². The van der Waals surface area contributed by atoms with Crippen molar-refractivity contribution in [1.29, 1.82) is 0 Å². The third-order valence-corrected chi connectivity index (χ3v) is 5.54. The lowest BCUT2D eigenvalue weighted by Crippen LogP contribution is -2.22. The summed E-state index contributed by atoms with van der Waals surface area (Å²) < 4.78 is 15.4. The van der Waals surface area contributed by atoms with Gasteiger partial charge in [-0.2, -0.15) is 0 Å². The van der Waals surface area contributed by atoms with Gasteiger partial charge in [0.05, 0.1) is 16.8 Å². The molecule has 0 aliphatic heterocycles. The summed E-state index contributed by atoms with van der Waals surface area (Å²) in [4.78, 5) is 25.7. The van der Waals surface area contributed by atoms with E-state index in [1.165, 1.54) is 23.5 Å². The highest BCUT2D eigenvalue weighted by Gasteiger charge is 2.13. The van der Waals surface area contributed by atoms with Crippen LogP contribution in [-0.4, -0.2) is 10.5 Å². The fraction of sp³-hybridized carbons (Fsp3) is 0.0909. The highest BCUT2D eigenvalue weighted by molar-refractivity contribution is 7.20. The molecule has 0 unspecified atom stereocenters. The van der Waals surface area contributed by atoms with Crippen LogP contribution in [0.1, 0.15) is 20.8 Å². The van der Waals surface area contributed by atoms with E-state index in [0.29, 0.717) is 23.4 Å². The molecule has 4 nitrogen and oxygen atoms in total. The highest BCUT2D eigenvalue weighted by atomic mass is 32.1. The Morgan fingerprint density at radius 2 is 1.75 bits per heavy atom. The van der Waals surface area contributed by atoms with E-state index in [1.807, 2.05) is 36.4 Å². The maximum atomic E-state index is 13.0. The van der Waals surface area contributed by atoms with Crippen LogP contribution in [0.2, 0.25) is 0 Å². The quantitative estimate of drug-likeness (QED) is 0.554. The first-order valence-corrected chi connectivity index (χ1v) is 9.61. The van der Waals surface area contributed by atoms with Gasteiger partial charge in [0.1, 0.15) is 5.82 Å². The van der Waals surface area contributed by atoms with Crippen molar-refractivity contribution in [2.24, 2.45) is 0 Å². The highest BCUT2D eigenvalue weighted by Crippen LogP contribution is 2.23. The number of fused-ring (bicyclic) bond motifs is 1. The lowest BCUT2D eigenvalue weighted by atomic mass is 10.2. The molecule has 0 spiro atoms. The zero-order valence-electron chi connectivity index (χ0n) is 14.9. The average molecular weight is 392 g/mol. The summed E-state index contributed by atoms with van der Waals surface area (Å²) in [5.41, 5.74) is 1.73. The molecule has 1 amide bonds. The largest absolute Gasteiger partial charge is 0.347 e. The van der Waals surface area contributed by atoms with Crippen molar-refractivity contribution in [2.45, 2.75) is 13.1 Å². The number of hydrogen-bond donors (Lipinski definition) is 1.